The highest BCUT2D eigenvalue weighted by Gasteiger charge is 2.23. The fraction of sp³-hybridized carbons (Fsp3) is 0.0938. The van der Waals surface area contributed by atoms with E-state index < -0.39 is 23.5 Å². The molecule has 0 radical (unpaired) electrons. The van der Waals surface area contributed by atoms with Gasteiger partial charge in [0.2, 0.25) is 0 Å². The lowest BCUT2D eigenvalue weighted by molar-refractivity contribution is -0.139. The topological polar surface area (TPSA) is 108 Å². The van der Waals surface area contributed by atoms with E-state index >= 15 is 0 Å². The summed E-state index contributed by atoms with van der Waals surface area (Å²) in [4.78, 5) is 40.4. The van der Waals surface area contributed by atoms with E-state index in [1.165, 1.54) is 6.07 Å². The predicted molar refractivity (Wildman–Crippen MR) is 155 cm³/mol. The smallest absolute Gasteiger partial charge is 0.326 e. The molecule has 0 aliphatic heterocycles. The number of aromatic amines is 1. The zero-order chi connectivity index (χ0) is 28.1. The van der Waals surface area contributed by atoms with E-state index in [1.54, 1.807) is 42.5 Å². The molecule has 1 aromatic heterocycles. The third kappa shape index (κ3) is 6.39. The van der Waals surface area contributed by atoms with Gasteiger partial charge in [0.25, 0.3) is 11.5 Å². The molecular formula is C32H25ClN2O5. The summed E-state index contributed by atoms with van der Waals surface area (Å²) in [6.45, 7) is 0.412. The standard InChI is InChI=1S/C32H25ClN2O5/c33-25-11-8-22(9-12-25)23-10-15-28-24(17-23)18-27(30(36)34-28)31(37)35-29(32(38)39)16-20-6-13-26(14-7-20)40-19-21-4-2-1-3-5-21/h1-15,17-18,29H,16,19H2,(H,34,36)(H,35,37)(H,38,39). The first-order valence-electron chi connectivity index (χ1n) is 12.6. The molecule has 1 unspecified atom stereocenters. The molecule has 0 fully saturated rings. The second kappa shape index (κ2) is 11.9. The van der Waals surface area contributed by atoms with Gasteiger partial charge in [-0.05, 0) is 70.1 Å². The summed E-state index contributed by atoms with van der Waals surface area (Å²) in [7, 11) is 0. The van der Waals surface area contributed by atoms with Gasteiger partial charge >= 0.3 is 5.97 Å². The number of carbonyl (C=O) groups is 2. The molecule has 1 amide bonds. The molecule has 0 spiro atoms. The van der Waals surface area contributed by atoms with Gasteiger partial charge < -0.3 is 20.1 Å². The van der Waals surface area contributed by atoms with Crippen LogP contribution in [-0.4, -0.2) is 28.0 Å². The fourth-order valence-corrected chi connectivity index (χ4v) is 4.46. The third-order valence-corrected chi connectivity index (χ3v) is 6.73. The average molecular weight is 553 g/mol. The first-order chi connectivity index (χ1) is 19.4. The summed E-state index contributed by atoms with van der Waals surface area (Å²) in [5.41, 5.74) is 3.31. The summed E-state index contributed by atoms with van der Waals surface area (Å²) in [6.07, 6.45) is 0.0340. The number of fused-ring (bicyclic) bond motifs is 1. The van der Waals surface area contributed by atoms with Crippen LogP contribution in [0.5, 0.6) is 5.75 Å². The van der Waals surface area contributed by atoms with Crippen LogP contribution in [0.2, 0.25) is 5.02 Å². The highest BCUT2D eigenvalue weighted by atomic mass is 35.5. The summed E-state index contributed by atoms with van der Waals surface area (Å²) in [6, 6.07) is 29.8. The third-order valence-electron chi connectivity index (χ3n) is 6.48. The van der Waals surface area contributed by atoms with Crippen molar-refractivity contribution < 1.29 is 19.4 Å². The van der Waals surface area contributed by atoms with Gasteiger partial charge in [0, 0.05) is 17.0 Å². The number of aromatic nitrogens is 1. The van der Waals surface area contributed by atoms with Crippen molar-refractivity contribution >= 4 is 34.4 Å². The van der Waals surface area contributed by atoms with Gasteiger partial charge in [-0.3, -0.25) is 9.59 Å². The number of carboxylic acid groups (broad SMARTS) is 1. The van der Waals surface area contributed by atoms with Crippen molar-refractivity contribution in [3.63, 3.8) is 0 Å². The number of pyridine rings is 1. The van der Waals surface area contributed by atoms with Crippen LogP contribution < -0.4 is 15.6 Å². The molecule has 8 heteroatoms. The second-order valence-corrected chi connectivity index (χ2v) is 9.74. The first kappa shape index (κ1) is 26.7. The van der Waals surface area contributed by atoms with E-state index in [9.17, 15) is 19.5 Å². The number of carbonyl (C=O) groups excluding carboxylic acids is 1. The van der Waals surface area contributed by atoms with Crippen molar-refractivity contribution in [2.24, 2.45) is 0 Å². The number of halogens is 1. The maximum Gasteiger partial charge on any atom is 0.326 e. The van der Waals surface area contributed by atoms with Gasteiger partial charge in [-0.25, -0.2) is 4.79 Å². The maximum atomic E-state index is 13.1. The summed E-state index contributed by atoms with van der Waals surface area (Å²) >= 11 is 5.99. The molecule has 0 saturated heterocycles. The number of nitrogens with one attached hydrogen (secondary N) is 2. The molecule has 0 bridgehead atoms. The zero-order valence-corrected chi connectivity index (χ0v) is 22.0. The molecule has 200 valence electrons. The minimum Gasteiger partial charge on any atom is -0.489 e. The van der Waals surface area contributed by atoms with Crippen molar-refractivity contribution in [3.8, 4) is 16.9 Å². The van der Waals surface area contributed by atoms with Gasteiger partial charge in [0.05, 0.1) is 0 Å². The molecule has 0 aliphatic carbocycles. The quantitative estimate of drug-likeness (QED) is 0.212. The van der Waals surface area contributed by atoms with Gasteiger partial charge in [0.15, 0.2) is 0 Å². The highest BCUT2D eigenvalue weighted by molar-refractivity contribution is 6.30. The zero-order valence-electron chi connectivity index (χ0n) is 21.3. The van der Waals surface area contributed by atoms with Crippen LogP contribution in [0.1, 0.15) is 21.5 Å². The number of ether oxygens (including phenoxy) is 1. The number of benzene rings is 4. The Kier molecular flexibility index (Phi) is 7.94. The number of rotatable bonds is 9. The van der Waals surface area contributed by atoms with Gasteiger partial charge in [0.1, 0.15) is 24.0 Å². The Labute approximate surface area is 235 Å². The number of hydrogen-bond acceptors (Lipinski definition) is 4. The van der Waals surface area contributed by atoms with E-state index in [-0.39, 0.29) is 12.0 Å². The van der Waals surface area contributed by atoms with Crippen molar-refractivity contribution in [1.82, 2.24) is 10.3 Å². The van der Waals surface area contributed by atoms with Crippen LogP contribution in [0.3, 0.4) is 0 Å². The maximum absolute atomic E-state index is 13.1. The van der Waals surface area contributed by atoms with Crippen LogP contribution >= 0.6 is 11.6 Å². The van der Waals surface area contributed by atoms with Crippen LogP contribution in [0.4, 0.5) is 0 Å². The van der Waals surface area contributed by atoms with E-state index in [4.69, 9.17) is 16.3 Å². The average Bonchev–Trinajstić information content (AvgIpc) is 2.96. The minimum absolute atomic E-state index is 0.0340. The molecule has 0 saturated carbocycles. The number of aliphatic carboxylic acids is 1. The Morgan fingerprint density at radius 1 is 0.850 bits per heavy atom. The van der Waals surface area contributed by atoms with Gasteiger partial charge in [-0.15, -0.1) is 0 Å². The lowest BCUT2D eigenvalue weighted by atomic mass is 10.0. The molecule has 4 aromatic carbocycles. The number of amides is 1. The van der Waals surface area contributed by atoms with Crippen molar-refractivity contribution in [2.45, 2.75) is 19.1 Å². The van der Waals surface area contributed by atoms with E-state index in [1.807, 2.05) is 54.6 Å². The Bertz CT molecular complexity index is 1720. The molecule has 7 nitrogen and oxygen atoms in total. The SMILES string of the molecule is O=C(NC(Cc1ccc(OCc2ccccc2)cc1)C(=O)O)c1cc2cc(-c3ccc(Cl)cc3)ccc2[nH]c1=O. The van der Waals surface area contributed by atoms with E-state index in [0.29, 0.717) is 33.8 Å². The summed E-state index contributed by atoms with van der Waals surface area (Å²) in [5.74, 6) is -1.33. The Balaban J connectivity index is 1.29. The summed E-state index contributed by atoms with van der Waals surface area (Å²) in [5, 5.41) is 13.5. The van der Waals surface area contributed by atoms with Gasteiger partial charge in [-0.1, -0.05) is 72.3 Å². The number of carboxylic acids is 1. The predicted octanol–water partition coefficient (Wildman–Crippen LogP) is 5.85. The minimum atomic E-state index is -1.24. The largest absolute Gasteiger partial charge is 0.489 e. The molecule has 1 heterocycles. The molecular weight excluding hydrogens is 528 g/mol. The molecule has 0 aliphatic rings. The molecule has 1 atom stereocenters. The van der Waals surface area contributed by atoms with Crippen molar-refractivity contribution in [3.05, 3.63) is 135 Å². The van der Waals surface area contributed by atoms with Crippen molar-refractivity contribution in [2.75, 3.05) is 0 Å². The monoisotopic (exact) mass is 552 g/mol. The molecule has 40 heavy (non-hydrogen) atoms. The molecule has 5 aromatic rings. The number of H-pyrrole nitrogens is 1. The first-order valence-corrected chi connectivity index (χ1v) is 13.0. The Morgan fingerprint density at radius 3 is 2.25 bits per heavy atom. The van der Waals surface area contributed by atoms with Crippen LogP contribution in [0.15, 0.2) is 108 Å². The van der Waals surface area contributed by atoms with E-state index in [2.05, 4.69) is 10.3 Å². The van der Waals surface area contributed by atoms with E-state index in [0.717, 1.165) is 16.7 Å². The Morgan fingerprint density at radius 2 is 1.55 bits per heavy atom. The normalized spacial score (nSPS) is 11.6. The van der Waals surface area contributed by atoms with Crippen LogP contribution in [0.25, 0.3) is 22.0 Å². The highest BCUT2D eigenvalue weighted by Crippen LogP contribution is 2.25. The lowest BCUT2D eigenvalue weighted by Crippen LogP contribution is -2.43. The molecule has 5 rings (SSSR count). The molecule has 3 N–H and O–H groups in total. The second-order valence-electron chi connectivity index (χ2n) is 9.31. The fourth-order valence-electron chi connectivity index (χ4n) is 4.33. The summed E-state index contributed by atoms with van der Waals surface area (Å²) < 4.78 is 5.78. The van der Waals surface area contributed by atoms with Gasteiger partial charge in [-0.2, -0.15) is 0 Å². The van der Waals surface area contributed by atoms with Crippen molar-refractivity contribution in [1.29, 1.82) is 0 Å². The lowest BCUT2D eigenvalue weighted by Gasteiger charge is -2.15. The van der Waals surface area contributed by atoms with Crippen LogP contribution in [-0.2, 0) is 17.8 Å². The Hall–Kier alpha value is -4.88. The van der Waals surface area contributed by atoms with Crippen LogP contribution in [0, 0.1) is 0 Å². The number of hydrogen-bond donors (Lipinski definition) is 3.